The average molecular weight is 309 g/mol. The Morgan fingerprint density at radius 1 is 1.00 bits per heavy atom. The molecule has 0 aliphatic heterocycles. The molecule has 0 unspecified atom stereocenters. The molecule has 0 heterocycles. The van der Waals surface area contributed by atoms with Gasteiger partial charge in [0, 0.05) is 0 Å². The van der Waals surface area contributed by atoms with E-state index in [1.165, 1.54) is 16.7 Å². The zero-order chi connectivity index (χ0) is 14.7. The van der Waals surface area contributed by atoms with Crippen LogP contribution in [0.3, 0.4) is 0 Å². The Morgan fingerprint density at radius 3 is 2.20 bits per heavy atom. The lowest BCUT2D eigenvalue weighted by Crippen LogP contribution is -2.01. The first-order chi connectivity index (χ1) is 9.49. The van der Waals surface area contributed by atoms with Crippen molar-refractivity contribution in [3.05, 3.63) is 64.2 Å². The van der Waals surface area contributed by atoms with E-state index >= 15 is 0 Å². The van der Waals surface area contributed by atoms with Gasteiger partial charge in [-0.3, -0.25) is 0 Å². The number of ether oxygens (including phenoxy) is 1. The van der Waals surface area contributed by atoms with Crippen LogP contribution in [0.15, 0.2) is 36.4 Å². The highest BCUT2D eigenvalue weighted by Crippen LogP contribution is 2.29. The summed E-state index contributed by atoms with van der Waals surface area (Å²) in [6.07, 6.45) is 0. The van der Waals surface area contributed by atoms with Crippen LogP contribution >= 0.6 is 23.2 Å². The number of benzene rings is 2. The molecule has 0 aliphatic rings. The van der Waals surface area contributed by atoms with E-state index in [1.807, 2.05) is 24.3 Å². The molecule has 0 atom stereocenters. The summed E-state index contributed by atoms with van der Waals surface area (Å²) in [6.45, 7) is 6.77. The molecule has 0 aromatic heterocycles. The molecule has 0 bridgehead atoms. The lowest BCUT2D eigenvalue weighted by atomic mass is 10.0. The predicted octanol–water partition coefficient (Wildman–Crippen LogP) is 5.67. The van der Waals surface area contributed by atoms with E-state index in [-0.39, 0.29) is 0 Å². The van der Waals surface area contributed by atoms with Crippen molar-refractivity contribution < 1.29 is 4.74 Å². The van der Waals surface area contributed by atoms with Gasteiger partial charge in [-0.25, -0.2) is 0 Å². The lowest BCUT2D eigenvalue weighted by Gasteiger charge is -2.13. The van der Waals surface area contributed by atoms with Crippen LogP contribution in [0.1, 0.15) is 32.7 Å². The molecule has 1 nitrogen and oxygen atoms in total. The van der Waals surface area contributed by atoms with Gasteiger partial charge in [0.15, 0.2) is 0 Å². The molecule has 0 N–H and O–H groups in total. The molecule has 0 fully saturated rings. The molecular formula is C17H18Cl2O. The Labute approximate surface area is 130 Å². The van der Waals surface area contributed by atoms with Gasteiger partial charge in [-0.2, -0.15) is 0 Å². The quantitative estimate of drug-likeness (QED) is 0.661. The standard InChI is InChI=1S/C17H18Cl2O/c1-11-8-15(9-12(2)13(11)3)20-10-14-6-4-5-7-16(14)17(18)19/h4-9,17H,10H2,1-3H3. The van der Waals surface area contributed by atoms with Gasteiger partial charge in [0.25, 0.3) is 0 Å². The van der Waals surface area contributed by atoms with Gasteiger partial charge >= 0.3 is 0 Å². The highest BCUT2D eigenvalue weighted by molar-refractivity contribution is 6.44. The summed E-state index contributed by atoms with van der Waals surface area (Å²) in [5.74, 6) is 0.876. The van der Waals surface area contributed by atoms with Crippen molar-refractivity contribution in [1.29, 1.82) is 0 Å². The summed E-state index contributed by atoms with van der Waals surface area (Å²) in [5.41, 5.74) is 5.69. The van der Waals surface area contributed by atoms with Crippen LogP contribution in [-0.2, 0) is 6.61 Å². The second kappa shape index (κ2) is 6.51. The van der Waals surface area contributed by atoms with Gasteiger partial charge in [-0.15, -0.1) is 23.2 Å². The summed E-state index contributed by atoms with van der Waals surface area (Å²) < 4.78 is 5.88. The minimum atomic E-state index is -0.531. The van der Waals surface area contributed by atoms with Gasteiger partial charge in [-0.1, -0.05) is 24.3 Å². The molecule has 3 heteroatoms. The molecule has 0 spiro atoms. The Bertz CT molecular complexity index is 583. The van der Waals surface area contributed by atoms with Crippen molar-refractivity contribution in [3.8, 4) is 5.75 Å². The molecule has 2 aromatic rings. The highest BCUT2D eigenvalue weighted by Gasteiger charge is 2.10. The van der Waals surface area contributed by atoms with Crippen molar-refractivity contribution in [1.82, 2.24) is 0 Å². The molecule has 0 saturated carbocycles. The number of rotatable bonds is 4. The average Bonchev–Trinajstić information content (AvgIpc) is 2.42. The third kappa shape index (κ3) is 3.47. The monoisotopic (exact) mass is 308 g/mol. The van der Waals surface area contributed by atoms with Crippen molar-refractivity contribution in [2.24, 2.45) is 0 Å². The second-order valence-electron chi connectivity index (χ2n) is 4.97. The van der Waals surface area contributed by atoms with E-state index in [1.54, 1.807) is 0 Å². The van der Waals surface area contributed by atoms with Crippen LogP contribution in [-0.4, -0.2) is 0 Å². The third-order valence-corrected chi connectivity index (χ3v) is 4.06. The Balaban J connectivity index is 2.17. The molecule has 0 radical (unpaired) electrons. The van der Waals surface area contributed by atoms with Crippen molar-refractivity contribution >= 4 is 23.2 Å². The molecule has 0 aliphatic carbocycles. The summed E-state index contributed by atoms with van der Waals surface area (Å²) in [6, 6.07) is 11.9. The van der Waals surface area contributed by atoms with E-state index in [0.29, 0.717) is 6.61 Å². The Kier molecular flexibility index (Phi) is 4.95. The van der Waals surface area contributed by atoms with Gasteiger partial charge in [0.1, 0.15) is 17.2 Å². The van der Waals surface area contributed by atoms with Crippen molar-refractivity contribution in [2.75, 3.05) is 0 Å². The topological polar surface area (TPSA) is 9.23 Å². The molecule has 0 saturated heterocycles. The molecule has 2 rings (SSSR count). The SMILES string of the molecule is Cc1cc(OCc2ccccc2C(Cl)Cl)cc(C)c1C. The van der Waals surface area contributed by atoms with Crippen LogP contribution < -0.4 is 4.74 Å². The minimum absolute atomic E-state index is 0.466. The highest BCUT2D eigenvalue weighted by atomic mass is 35.5. The third-order valence-electron chi connectivity index (χ3n) is 3.59. The fourth-order valence-corrected chi connectivity index (χ4v) is 2.54. The first-order valence-electron chi connectivity index (χ1n) is 6.55. The lowest BCUT2D eigenvalue weighted by molar-refractivity contribution is 0.305. The summed E-state index contributed by atoms with van der Waals surface area (Å²) in [4.78, 5) is -0.531. The van der Waals surface area contributed by atoms with Crippen LogP contribution in [0, 0.1) is 20.8 Å². The smallest absolute Gasteiger partial charge is 0.133 e. The minimum Gasteiger partial charge on any atom is -0.489 e. The zero-order valence-corrected chi connectivity index (χ0v) is 13.4. The molecule has 106 valence electrons. The van der Waals surface area contributed by atoms with Gasteiger partial charge in [0.2, 0.25) is 0 Å². The summed E-state index contributed by atoms with van der Waals surface area (Å²) in [7, 11) is 0. The zero-order valence-electron chi connectivity index (χ0n) is 11.9. The second-order valence-corrected chi connectivity index (χ2v) is 6.07. The van der Waals surface area contributed by atoms with Crippen LogP contribution in [0.4, 0.5) is 0 Å². The number of aryl methyl sites for hydroxylation is 2. The largest absolute Gasteiger partial charge is 0.489 e. The van der Waals surface area contributed by atoms with E-state index < -0.39 is 4.84 Å². The Hall–Kier alpha value is -1.18. The van der Waals surface area contributed by atoms with Crippen molar-refractivity contribution in [2.45, 2.75) is 32.2 Å². The van der Waals surface area contributed by atoms with Gasteiger partial charge in [0.05, 0.1) is 0 Å². The summed E-state index contributed by atoms with van der Waals surface area (Å²) >= 11 is 11.9. The summed E-state index contributed by atoms with van der Waals surface area (Å²) in [5, 5.41) is 0. The first-order valence-corrected chi connectivity index (χ1v) is 7.43. The maximum absolute atomic E-state index is 5.97. The normalized spacial score (nSPS) is 10.9. The maximum atomic E-state index is 5.97. The van der Waals surface area contributed by atoms with E-state index in [0.717, 1.165) is 16.9 Å². The fourth-order valence-electron chi connectivity index (χ4n) is 2.12. The molecule has 20 heavy (non-hydrogen) atoms. The Morgan fingerprint density at radius 2 is 1.60 bits per heavy atom. The fraction of sp³-hybridized carbons (Fsp3) is 0.294. The predicted molar refractivity (Wildman–Crippen MR) is 85.9 cm³/mol. The first kappa shape index (κ1) is 15.2. The van der Waals surface area contributed by atoms with E-state index in [9.17, 15) is 0 Å². The van der Waals surface area contributed by atoms with Gasteiger partial charge < -0.3 is 4.74 Å². The van der Waals surface area contributed by atoms with Crippen LogP contribution in [0.5, 0.6) is 5.75 Å². The molecular weight excluding hydrogens is 291 g/mol. The maximum Gasteiger partial charge on any atom is 0.133 e. The van der Waals surface area contributed by atoms with Crippen LogP contribution in [0.25, 0.3) is 0 Å². The molecule has 2 aromatic carbocycles. The van der Waals surface area contributed by atoms with Gasteiger partial charge in [-0.05, 0) is 60.7 Å². The number of hydrogen-bond donors (Lipinski definition) is 0. The number of alkyl halides is 2. The van der Waals surface area contributed by atoms with E-state index in [4.69, 9.17) is 27.9 Å². The molecule has 0 amide bonds. The van der Waals surface area contributed by atoms with E-state index in [2.05, 4.69) is 32.9 Å². The number of halogens is 2. The number of hydrogen-bond acceptors (Lipinski definition) is 1. The van der Waals surface area contributed by atoms with Crippen LogP contribution in [0.2, 0.25) is 0 Å². The van der Waals surface area contributed by atoms with Crippen molar-refractivity contribution in [3.63, 3.8) is 0 Å².